The first kappa shape index (κ1) is 21.4. The molecular weight excluding hydrogens is 426 g/mol. The molecule has 3 nitrogen and oxygen atoms in total. The Labute approximate surface area is 182 Å². The number of benzene rings is 3. The summed E-state index contributed by atoms with van der Waals surface area (Å²) in [4.78, 5) is 0. The maximum absolute atomic E-state index is 6.14. The minimum Gasteiger partial charge on any atom is -0.490 e. The topological polar surface area (TPSA) is 30.5 Å². The minimum absolute atomic E-state index is 0.266. The van der Waals surface area contributed by atoms with Gasteiger partial charge in [0, 0.05) is 12.6 Å². The molecule has 152 valence electrons. The van der Waals surface area contributed by atoms with Crippen LogP contribution in [0.15, 0.2) is 71.2 Å². The molecule has 29 heavy (non-hydrogen) atoms. The minimum atomic E-state index is 0.266. The van der Waals surface area contributed by atoms with Crippen molar-refractivity contribution in [1.82, 2.24) is 5.32 Å². The SMILES string of the molecule is CCOc1cc(CN[C@H](C)c2ccccc2)cc(Br)c1OCc1ccccc1C. The summed E-state index contributed by atoms with van der Waals surface area (Å²) in [6.45, 7) is 8.10. The molecule has 0 heterocycles. The van der Waals surface area contributed by atoms with Crippen LogP contribution in [-0.2, 0) is 13.2 Å². The lowest BCUT2D eigenvalue weighted by Gasteiger charge is -2.18. The zero-order chi connectivity index (χ0) is 20.6. The molecule has 0 bridgehead atoms. The van der Waals surface area contributed by atoms with Crippen molar-refractivity contribution >= 4 is 15.9 Å². The third-order valence-corrected chi connectivity index (χ3v) is 5.50. The fourth-order valence-corrected chi connectivity index (χ4v) is 3.78. The molecule has 0 amide bonds. The molecule has 0 aliphatic rings. The van der Waals surface area contributed by atoms with Gasteiger partial charge in [-0.3, -0.25) is 0 Å². The molecule has 0 saturated carbocycles. The zero-order valence-electron chi connectivity index (χ0n) is 17.2. The molecule has 0 radical (unpaired) electrons. The van der Waals surface area contributed by atoms with E-state index in [1.165, 1.54) is 16.7 Å². The molecule has 0 aliphatic carbocycles. The zero-order valence-corrected chi connectivity index (χ0v) is 18.8. The molecular formula is C25H28BrNO2. The number of hydrogen-bond donors (Lipinski definition) is 1. The highest BCUT2D eigenvalue weighted by molar-refractivity contribution is 9.10. The largest absolute Gasteiger partial charge is 0.490 e. The third kappa shape index (κ3) is 5.84. The maximum atomic E-state index is 6.14. The average Bonchev–Trinajstić information content (AvgIpc) is 2.73. The highest BCUT2D eigenvalue weighted by atomic mass is 79.9. The Kier molecular flexibility index (Phi) is 7.73. The molecule has 0 aliphatic heterocycles. The quantitative estimate of drug-likeness (QED) is 0.396. The van der Waals surface area contributed by atoms with Gasteiger partial charge in [0.2, 0.25) is 0 Å². The van der Waals surface area contributed by atoms with Crippen LogP contribution < -0.4 is 14.8 Å². The van der Waals surface area contributed by atoms with Crippen molar-refractivity contribution in [2.45, 2.75) is 40.0 Å². The van der Waals surface area contributed by atoms with Gasteiger partial charge in [-0.05, 0) is 71.1 Å². The number of aryl methyl sites for hydroxylation is 1. The van der Waals surface area contributed by atoms with Gasteiger partial charge >= 0.3 is 0 Å². The van der Waals surface area contributed by atoms with Gasteiger partial charge in [0.15, 0.2) is 11.5 Å². The second-order valence-corrected chi connectivity index (χ2v) is 7.92. The highest BCUT2D eigenvalue weighted by Gasteiger charge is 2.14. The smallest absolute Gasteiger partial charge is 0.175 e. The molecule has 3 aromatic rings. The van der Waals surface area contributed by atoms with Crippen LogP contribution in [0.2, 0.25) is 0 Å². The highest BCUT2D eigenvalue weighted by Crippen LogP contribution is 2.37. The lowest BCUT2D eigenvalue weighted by molar-refractivity contribution is 0.267. The first-order chi connectivity index (χ1) is 14.1. The van der Waals surface area contributed by atoms with Crippen molar-refractivity contribution in [3.63, 3.8) is 0 Å². The van der Waals surface area contributed by atoms with E-state index in [2.05, 4.69) is 83.6 Å². The first-order valence-corrected chi connectivity index (χ1v) is 10.8. The van der Waals surface area contributed by atoms with E-state index in [0.29, 0.717) is 13.2 Å². The predicted molar refractivity (Wildman–Crippen MR) is 123 cm³/mol. The van der Waals surface area contributed by atoms with Gasteiger partial charge in [0.05, 0.1) is 11.1 Å². The van der Waals surface area contributed by atoms with E-state index in [1.54, 1.807) is 0 Å². The Morgan fingerprint density at radius 2 is 1.69 bits per heavy atom. The van der Waals surface area contributed by atoms with Gasteiger partial charge in [-0.15, -0.1) is 0 Å². The molecule has 0 aromatic heterocycles. The van der Waals surface area contributed by atoms with E-state index in [0.717, 1.165) is 28.1 Å². The van der Waals surface area contributed by atoms with E-state index in [1.807, 2.05) is 25.1 Å². The fourth-order valence-electron chi connectivity index (χ4n) is 3.18. The summed E-state index contributed by atoms with van der Waals surface area (Å²) in [7, 11) is 0. The number of ether oxygens (including phenoxy) is 2. The molecule has 0 spiro atoms. The van der Waals surface area contributed by atoms with E-state index < -0.39 is 0 Å². The summed E-state index contributed by atoms with van der Waals surface area (Å²) in [6.07, 6.45) is 0. The van der Waals surface area contributed by atoms with E-state index >= 15 is 0 Å². The van der Waals surface area contributed by atoms with Gasteiger partial charge in [-0.1, -0.05) is 54.6 Å². The van der Waals surface area contributed by atoms with E-state index in [9.17, 15) is 0 Å². The van der Waals surface area contributed by atoms with Crippen LogP contribution >= 0.6 is 15.9 Å². The standard InChI is InChI=1S/C25H28BrNO2/c1-4-28-24-15-20(16-27-19(3)21-11-6-5-7-12-21)14-23(26)25(24)29-17-22-13-9-8-10-18(22)2/h5-15,19,27H,4,16-17H2,1-3H3/t19-/m1/s1. The summed E-state index contributed by atoms with van der Waals surface area (Å²) in [6, 6.07) is 23.1. The Morgan fingerprint density at radius 3 is 2.41 bits per heavy atom. The van der Waals surface area contributed by atoms with Crippen molar-refractivity contribution in [3.05, 3.63) is 93.5 Å². The van der Waals surface area contributed by atoms with Crippen LogP contribution in [0, 0.1) is 6.92 Å². The average molecular weight is 454 g/mol. The van der Waals surface area contributed by atoms with Gasteiger partial charge in [-0.25, -0.2) is 0 Å². The molecule has 0 fully saturated rings. The normalized spacial score (nSPS) is 11.9. The molecule has 1 atom stereocenters. The van der Waals surface area contributed by atoms with E-state index in [-0.39, 0.29) is 6.04 Å². The van der Waals surface area contributed by atoms with E-state index in [4.69, 9.17) is 9.47 Å². The summed E-state index contributed by atoms with van der Waals surface area (Å²) in [5, 5.41) is 3.58. The molecule has 0 unspecified atom stereocenters. The lowest BCUT2D eigenvalue weighted by atomic mass is 10.1. The summed E-state index contributed by atoms with van der Waals surface area (Å²) in [5.41, 5.74) is 4.81. The second kappa shape index (κ2) is 10.5. The van der Waals surface area contributed by atoms with Crippen molar-refractivity contribution in [2.75, 3.05) is 6.61 Å². The van der Waals surface area contributed by atoms with Crippen LogP contribution in [0.3, 0.4) is 0 Å². The van der Waals surface area contributed by atoms with Gasteiger partial charge in [0.25, 0.3) is 0 Å². The maximum Gasteiger partial charge on any atom is 0.175 e. The summed E-state index contributed by atoms with van der Waals surface area (Å²) in [5.74, 6) is 1.51. The van der Waals surface area contributed by atoms with Crippen LogP contribution in [0.25, 0.3) is 0 Å². The van der Waals surface area contributed by atoms with Crippen molar-refractivity contribution < 1.29 is 9.47 Å². The number of nitrogens with one attached hydrogen (secondary N) is 1. The van der Waals surface area contributed by atoms with Crippen molar-refractivity contribution in [3.8, 4) is 11.5 Å². The first-order valence-electron chi connectivity index (χ1n) is 9.99. The number of halogens is 1. The summed E-state index contributed by atoms with van der Waals surface area (Å²) >= 11 is 3.68. The third-order valence-electron chi connectivity index (χ3n) is 4.91. The van der Waals surface area contributed by atoms with Crippen LogP contribution in [-0.4, -0.2) is 6.61 Å². The monoisotopic (exact) mass is 453 g/mol. The van der Waals surface area contributed by atoms with Gasteiger partial charge in [0.1, 0.15) is 6.61 Å². The van der Waals surface area contributed by atoms with Gasteiger partial charge in [-0.2, -0.15) is 0 Å². The van der Waals surface area contributed by atoms with Crippen molar-refractivity contribution in [2.24, 2.45) is 0 Å². The Hall–Kier alpha value is -2.30. The van der Waals surface area contributed by atoms with Crippen LogP contribution in [0.4, 0.5) is 0 Å². The number of rotatable bonds is 9. The van der Waals surface area contributed by atoms with Crippen molar-refractivity contribution in [1.29, 1.82) is 0 Å². The van der Waals surface area contributed by atoms with Gasteiger partial charge < -0.3 is 14.8 Å². The molecule has 3 aromatic carbocycles. The Morgan fingerprint density at radius 1 is 0.966 bits per heavy atom. The van der Waals surface area contributed by atoms with Crippen LogP contribution in [0.1, 0.15) is 42.1 Å². The molecule has 1 N–H and O–H groups in total. The second-order valence-electron chi connectivity index (χ2n) is 7.07. The van der Waals surface area contributed by atoms with Crippen LogP contribution in [0.5, 0.6) is 11.5 Å². The Bertz CT molecular complexity index is 927. The summed E-state index contributed by atoms with van der Waals surface area (Å²) < 4.78 is 12.9. The lowest BCUT2D eigenvalue weighted by Crippen LogP contribution is -2.18. The Balaban J connectivity index is 1.72. The fraction of sp³-hybridized carbons (Fsp3) is 0.280. The molecule has 3 rings (SSSR count). The number of hydrogen-bond acceptors (Lipinski definition) is 3. The molecule has 0 saturated heterocycles. The predicted octanol–water partition coefficient (Wildman–Crippen LogP) is 6.59. The molecule has 4 heteroatoms.